The van der Waals surface area contributed by atoms with Crippen LogP contribution in [0.4, 0.5) is 48.3 Å². The molecule has 6 nitrogen and oxygen atoms in total. The van der Waals surface area contributed by atoms with Crippen LogP contribution in [0.3, 0.4) is 0 Å². The van der Waals surface area contributed by atoms with Crippen LogP contribution in [-0.2, 0) is 0 Å². The van der Waals surface area contributed by atoms with Gasteiger partial charge < -0.3 is 15.4 Å². The van der Waals surface area contributed by atoms with Crippen LogP contribution in [0.5, 0.6) is 6.01 Å². The van der Waals surface area contributed by atoms with Gasteiger partial charge in [-0.1, -0.05) is 6.08 Å². The van der Waals surface area contributed by atoms with Gasteiger partial charge in [-0.05, 0) is 24.3 Å². The second-order valence-electron chi connectivity index (χ2n) is 5.15. The monoisotopic (exact) mass is 411 g/mol. The molecule has 2 aromatic rings. The molecule has 1 aromatic heterocycles. The molecule has 0 bridgehead atoms. The minimum atomic E-state index is -5.75. The van der Waals surface area contributed by atoms with E-state index in [4.69, 9.17) is 0 Å². The number of halogens is 7. The number of hydrogen-bond donors (Lipinski definition) is 2. The molecule has 0 fully saturated rings. The van der Waals surface area contributed by atoms with E-state index < -0.39 is 36.2 Å². The van der Waals surface area contributed by atoms with Crippen molar-refractivity contribution >= 4 is 17.6 Å². The van der Waals surface area contributed by atoms with E-state index in [-0.39, 0.29) is 18.2 Å². The van der Waals surface area contributed by atoms with Crippen LogP contribution in [0.2, 0.25) is 0 Å². The lowest BCUT2D eigenvalue weighted by molar-refractivity contribution is -0.301. The lowest BCUT2D eigenvalue weighted by Gasteiger charge is -2.23. The molecule has 0 atom stereocenters. The van der Waals surface area contributed by atoms with Gasteiger partial charge in [0.15, 0.2) is 0 Å². The predicted octanol–water partition coefficient (Wildman–Crippen LogP) is 4.22. The summed E-state index contributed by atoms with van der Waals surface area (Å²) in [5.41, 5.74) is 0.219. The Morgan fingerprint density at radius 2 is 1.54 bits per heavy atom. The van der Waals surface area contributed by atoms with Crippen molar-refractivity contribution in [1.29, 1.82) is 0 Å². The van der Waals surface area contributed by atoms with Gasteiger partial charge in [-0.15, -0.1) is 6.58 Å². The lowest BCUT2D eigenvalue weighted by Crippen LogP contribution is -2.47. The highest BCUT2D eigenvalue weighted by Gasteiger charge is 2.59. The molecule has 0 unspecified atom stereocenters. The zero-order valence-electron chi connectivity index (χ0n) is 13.8. The Bertz CT molecular complexity index is 794. The number of alkyl halides is 6. The molecule has 152 valence electrons. The van der Waals surface area contributed by atoms with Crippen molar-refractivity contribution in [3.8, 4) is 6.01 Å². The summed E-state index contributed by atoms with van der Waals surface area (Å²) in [6.45, 7) is 3.45. The first-order valence-corrected chi connectivity index (χ1v) is 7.42. The first kappa shape index (κ1) is 21.2. The average Bonchev–Trinajstić information content (AvgIpc) is 2.58. The quantitative estimate of drug-likeness (QED) is 0.525. The smallest absolute Gasteiger partial charge is 0.434 e. The third-order valence-electron chi connectivity index (χ3n) is 2.94. The van der Waals surface area contributed by atoms with Gasteiger partial charge in [0, 0.05) is 12.2 Å². The number of aromatic nitrogens is 3. The first-order valence-electron chi connectivity index (χ1n) is 7.42. The normalized spacial score (nSPS) is 12.0. The van der Waals surface area contributed by atoms with E-state index >= 15 is 0 Å². The van der Waals surface area contributed by atoms with Crippen LogP contribution in [0.25, 0.3) is 0 Å². The Morgan fingerprint density at radius 3 is 2.07 bits per heavy atom. The summed E-state index contributed by atoms with van der Waals surface area (Å²) in [7, 11) is 0. The van der Waals surface area contributed by atoms with Crippen LogP contribution in [0.1, 0.15) is 0 Å². The summed E-state index contributed by atoms with van der Waals surface area (Å²) in [5.74, 6) is -1.35. The van der Waals surface area contributed by atoms with E-state index in [1.807, 2.05) is 0 Å². The molecule has 0 aliphatic carbocycles. The number of ether oxygens (including phenoxy) is 1. The maximum atomic E-state index is 12.9. The van der Waals surface area contributed by atoms with E-state index in [2.05, 4.69) is 36.9 Å². The molecule has 0 saturated carbocycles. The van der Waals surface area contributed by atoms with Crippen LogP contribution in [0, 0.1) is 5.82 Å². The van der Waals surface area contributed by atoms with Gasteiger partial charge >= 0.3 is 18.4 Å². The largest absolute Gasteiger partial charge is 0.440 e. The van der Waals surface area contributed by atoms with Crippen molar-refractivity contribution in [1.82, 2.24) is 15.0 Å². The van der Waals surface area contributed by atoms with E-state index in [0.29, 0.717) is 0 Å². The summed E-state index contributed by atoms with van der Waals surface area (Å²) in [5, 5.41) is 5.00. The number of hydrogen-bond acceptors (Lipinski definition) is 6. The molecular weight excluding hydrogens is 399 g/mol. The Labute approximate surface area is 153 Å². The maximum Gasteiger partial charge on any atom is 0.434 e. The zero-order chi connectivity index (χ0) is 20.9. The number of nitrogens with zero attached hydrogens (tertiary/aromatic N) is 3. The Morgan fingerprint density at radius 1 is 0.964 bits per heavy atom. The molecule has 0 radical (unpaired) electrons. The van der Waals surface area contributed by atoms with Gasteiger partial charge in [0.2, 0.25) is 11.9 Å². The summed E-state index contributed by atoms with van der Waals surface area (Å²) >= 11 is 0. The van der Waals surface area contributed by atoms with E-state index in [0.717, 1.165) is 12.1 Å². The third kappa shape index (κ3) is 5.96. The molecule has 2 N–H and O–H groups in total. The van der Waals surface area contributed by atoms with Crippen LogP contribution >= 0.6 is 0 Å². The summed E-state index contributed by atoms with van der Waals surface area (Å²) in [6.07, 6.45) is -14.3. The van der Waals surface area contributed by atoms with E-state index in [1.165, 1.54) is 18.2 Å². The van der Waals surface area contributed by atoms with Crippen LogP contribution < -0.4 is 15.4 Å². The Balaban J connectivity index is 2.36. The molecule has 0 saturated heterocycles. The molecule has 0 amide bonds. The lowest BCUT2D eigenvalue weighted by atomic mass is 10.3. The topological polar surface area (TPSA) is 72.0 Å². The van der Waals surface area contributed by atoms with Crippen molar-refractivity contribution in [2.24, 2.45) is 0 Å². The minimum absolute atomic E-state index is 0.0570. The maximum absolute atomic E-state index is 12.9. The number of benzene rings is 1. The third-order valence-corrected chi connectivity index (χ3v) is 2.94. The fourth-order valence-corrected chi connectivity index (χ4v) is 1.79. The van der Waals surface area contributed by atoms with Gasteiger partial charge in [0.1, 0.15) is 5.82 Å². The van der Waals surface area contributed by atoms with Crippen LogP contribution in [-0.4, -0.2) is 40.0 Å². The molecule has 1 aromatic carbocycles. The molecule has 2 rings (SSSR count). The minimum Gasteiger partial charge on any atom is -0.440 e. The van der Waals surface area contributed by atoms with Gasteiger partial charge in [0.25, 0.3) is 6.10 Å². The van der Waals surface area contributed by atoms with Gasteiger partial charge in [-0.2, -0.15) is 41.3 Å². The number of rotatable bonds is 7. The number of anilines is 3. The Kier molecular flexibility index (Phi) is 6.26. The van der Waals surface area contributed by atoms with Gasteiger partial charge in [-0.25, -0.2) is 4.39 Å². The van der Waals surface area contributed by atoms with Gasteiger partial charge in [0.05, 0.1) is 0 Å². The molecule has 13 heteroatoms. The van der Waals surface area contributed by atoms with Crippen LogP contribution in [0.15, 0.2) is 36.9 Å². The highest BCUT2D eigenvalue weighted by atomic mass is 19.4. The highest BCUT2D eigenvalue weighted by Crippen LogP contribution is 2.36. The second kappa shape index (κ2) is 8.27. The molecule has 0 aliphatic heterocycles. The molecule has 0 aliphatic rings. The highest BCUT2D eigenvalue weighted by molar-refractivity contribution is 5.54. The standard InChI is InChI=1S/C15H12F7N5O/c1-2-7-23-11-25-12(24-9-5-3-8(16)4-6-9)27-13(26-11)28-10(14(17,18)19)15(20,21)22/h2-6,10H,1,7H2,(H2,23,24,25,26,27). The fraction of sp³-hybridized carbons (Fsp3) is 0.267. The van der Waals surface area contributed by atoms with E-state index in [9.17, 15) is 30.7 Å². The van der Waals surface area contributed by atoms with Crippen molar-refractivity contribution in [3.05, 3.63) is 42.7 Å². The SMILES string of the molecule is C=CCNc1nc(Nc2ccc(F)cc2)nc(OC(C(F)(F)F)C(F)(F)F)n1. The average molecular weight is 411 g/mol. The summed E-state index contributed by atoms with van der Waals surface area (Å²) < 4.78 is 93.1. The molecule has 28 heavy (non-hydrogen) atoms. The van der Waals surface area contributed by atoms with Crippen molar-refractivity contribution in [3.63, 3.8) is 0 Å². The van der Waals surface area contributed by atoms with E-state index in [1.54, 1.807) is 0 Å². The first-order chi connectivity index (χ1) is 13.0. The zero-order valence-corrected chi connectivity index (χ0v) is 13.8. The fourth-order valence-electron chi connectivity index (χ4n) is 1.79. The van der Waals surface area contributed by atoms with Gasteiger partial charge in [-0.3, -0.25) is 0 Å². The van der Waals surface area contributed by atoms with Crippen molar-refractivity contribution in [2.45, 2.75) is 18.5 Å². The summed E-state index contributed by atoms with van der Waals surface area (Å²) in [4.78, 5) is 10.6. The predicted molar refractivity (Wildman–Crippen MR) is 84.7 cm³/mol. The Hall–Kier alpha value is -3.12. The van der Waals surface area contributed by atoms with Crippen molar-refractivity contribution in [2.75, 3.05) is 17.2 Å². The van der Waals surface area contributed by atoms with Crippen molar-refractivity contribution < 1.29 is 35.5 Å². The second-order valence-corrected chi connectivity index (χ2v) is 5.15. The molecule has 1 heterocycles. The molecule has 0 spiro atoms. The number of nitrogens with one attached hydrogen (secondary N) is 2. The summed E-state index contributed by atoms with van der Waals surface area (Å²) in [6, 6.07) is 3.43. The molecular formula is C15H12F7N5O.